The molecular weight excluding hydrogens is 360 g/mol. The number of aliphatic carboxylic acids is 1. The number of primary amides is 1. The summed E-state index contributed by atoms with van der Waals surface area (Å²) in [6.45, 7) is 2.61. The number of carboxylic acid groups (broad SMARTS) is 1. The number of ether oxygens (including phenoxy) is 1. The van der Waals surface area contributed by atoms with Crippen LogP contribution in [0.3, 0.4) is 0 Å². The number of hydrogen-bond donors (Lipinski definition) is 2. The van der Waals surface area contributed by atoms with Gasteiger partial charge in [0.2, 0.25) is 5.91 Å². The van der Waals surface area contributed by atoms with Crippen LogP contribution in [0.1, 0.15) is 27.8 Å². The lowest BCUT2D eigenvalue weighted by atomic mass is 10.1. The van der Waals surface area contributed by atoms with Crippen molar-refractivity contribution in [3.8, 4) is 5.75 Å². The molecule has 0 spiro atoms. The van der Waals surface area contributed by atoms with Gasteiger partial charge in [-0.3, -0.25) is 19.0 Å². The number of ketones is 1. The Labute approximate surface area is 153 Å². The molecule has 3 N–H and O–H groups in total. The molecule has 1 aromatic heterocycles. The predicted octanol–water partition coefficient (Wildman–Crippen LogP) is 1.47. The number of carbonyl (C=O) groups excluding carboxylic acids is 3. The number of Topliss-reactive ketones (excluding diaryl/α,β-unsaturated/α-hetero) is 1. The van der Waals surface area contributed by atoms with Gasteiger partial charge in [-0.1, -0.05) is 6.07 Å². The van der Waals surface area contributed by atoms with Crippen molar-refractivity contribution in [2.45, 2.75) is 19.1 Å². The first-order valence-corrected chi connectivity index (χ1v) is 8.89. The Morgan fingerprint density at radius 2 is 1.96 bits per heavy atom. The molecule has 1 heterocycles. The van der Waals surface area contributed by atoms with E-state index in [-0.39, 0.29) is 28.3 Å². The number of benzene rings is 1. The molecule has 138 valence electrons. The summed E-state index contributed by atoms with van der Waals surface area (Å²) in [7, 11) is 0. The van der Waals surface area contributed by atoms with E-state index in [1.807, 2.05) is 0 Å². The fraction of sp³-hybridized carbons (Fsp3) is 0.294. The van der Waals surface area contributed by atoms with E-state index in [1.165, 1.54) is 29.3 Å². The lowest BCUT2D eigenvalue weighted by molar-refractivity contribution is -0.139. The van der Waals surface area contributed by atoms with Crippen molar-refractivity contribution >= 4 is 46.2 Å². The highest BCUT2D eigenvalue weighted by atomic mass is 32.2. The summed E-state index contributed by atoms with van der Waals surface area (Å²) in [5.41, 5.74) is 5.69. The SMILES string of the molecule is CSC(C)C(=O)n1c(C)c(C(=O)C(N)=O)c2c(OCC(=O)O)cccc21. The number of aromatic nitrogens is 1. The second-order valence-corrected chi connectivity index (χ2v) is 6.72. The molecule has 0 aliphatic rings. The van der Waals surface area contributed by atoms with Crippen LogP contribution in [-0.4, -0.2) is 51.4 Å². The van der Waals surface area contributed by atoms with Gasteiger partial charge >= 0.3 is 5.97 Å². The standard InChI is InChI=1S/C17H18N2O6S/c1-8-13(15(22)16(18)23)14-10(19(8)17(24)9(2)26-3)5-4-6-11(14)25-7-12(20)21/h4-6,9H,7H2,1-3H3,(H2,18,23)(H,20,21). The van der Waals surface area contributed by atoms with Crippen LogP contribution in [0, 0.1) is 6.92 Å². The van der Waals surface area contributed by atoms with Crippen LogP contribution in [-0.2, 0) is 9.59 Å². The molecule has 0 saturated heterocycles. The van der Waals surface area contributed by atoms with Gasteiger partial charge in [0.15, 0.2) is 6.61 Å². The van der Waals surface area contributed by atoms with Crippen LogP contribution in [0.2, 0.25) is 0 Å². The third kappa shape index (κ3) is 3.43. The van der Waals surface area contributed by atoms with Crippen LogP contribution >= 0.6 is 11.8 Å². The molecule has 0 aliphatic carbocycles. The maximum atomic E-state index is 12.8. The summed E-state index contributed by atoms with van der Waals surface area (Å²) >= 11 is 1.33. The lowest BCUT2D eigenvalue weighted by Crippen LogP contribution is -2.25. The highest BCUT2D eigenvalue weighted by Gasteiger charge is 2.29. The highest BCUT2D eigenvalue weighted by molar-refractivity contribution is 7.99. The van der Waals surface area contributed by atoms with Gasteiger partial charge in [0, 0.05) is 5.69 Å². The molecule has 1 unspecified atom stereocenters. The molecule has 0 radical (unpaired) electrons. The molecule has 1 amide bonds. The first kappa shape index (κ1) is 19.5. The third-order valence-electron chi connectivity index (χ3n) is 3.92. The number of thioether (sulfide) groups is 1. The smallest absolute Gasteiger partial charge is 0.341 e. The van der Waals surface area contributed by atoms with E-state index in [0.717, 1.165) is 0 Å². The van der Waals surface area contributed by atoms with Crippen molar-refractivity contribution in [3.63, 3.8) is 0 Å². The largest absolute Gasteiger partial charge is 0.481 e. The quantitative estimate of drug-likeness (QED) is 0.551. The second kappa shape index (κ2) is 7.61. The summed E-state index contributed by atoms with van der Waals surface area (Å²) in [6, 6.07) is 4.64. The third-order valence-corrected chi connectivity index (χ3v) is 4.82. The van der Waals surface area contributed by atoms with Crippen LogP contribution in [0.5, 0.6) is 5.75 Å². The molecule has 26 heavy (non-hydrogen) atoms. The van der Waals surface area contributed by atoms with E-state index in [2.05, 4.69) is 0 Å². The van der Waals surface area contributed by atoms with Crippen molar-refractivity contribution in [1.29, 1.82) is 0 Å². The van der Waals surface area contributed by atoms with Gasteiger partial charge < -0.3 is 15.6 Å². The Bertz CT molecular complexity index is 918. The van der Waals surface area contributed by atoms with E-state index in [0.29, 0.717) is 5.52 Å². The molecule has 1 atom stereocenters. The number of nitrogens with zero attached hydrogens (tertiary/aromatic N) is 1. The number of nitrogens with two attached hydrogens (primary N) is 1. The van der Waals surface area contributed by atoms with Crippen molar-refractivity contribution in [3.05, 3.63) is 29.5 Å². The number of amides is 1. The van der Waals surface area contributed by atoms with Gasteiger partial charge in [-0.15, -0.1) is 0 Å². The highest BCUT2D eigenvalue weighted by Crippen LogP contribution is 2.34. The monoisotopic (exact) mass is 378 g/mol. The summed E-state index contributed by atoms with van der Waals surface area (Å²) < 4.78 is 6.59. The summed E-state index contributed by atoms with van der Waals surface area (Å²) in [5.74, 6) is -3.54. The fourth-order valence-corrected chi connectivity index (χ4v) is 2.97. The van der Waals surface area contributed by atoms with Gasteiger partial charge in [0.1, 0.15) is 5.75 Å². The van der Waals surface area contributed by atoms with Crippen LogP contribution in [0.25, 0.3) is 10.9 Å². The zero-order chi connectivity index (χ0) is 19.6. The average molecular weight is 378 g/mol. The zero-order valence-corrected chi connectivity index (χ0v) is 15.3. The van der Waals surface area contributed by atoms with Crippen LogP contribution < -0.4 is 10.5 Å². The molecule has 2 aromatic rings. The Kier molecular flexibility index (Phi) is 5.71. The predicted molar refractivity (Wildman–Crippen MR) is 96.9 cm³/mol. The molecule has 8 nitrogen and oxygen atoms in total. The van der Waals surface area contributed by atoms with E-state index in [1.54, 1.807) is 25.3 Å². The Morgan fingerprint density at radius 3 is 2.50 bits per heavy atom. The Morgan fingerprint density at radius 1 is 1.31 bits per heavy atom. The normalized spacial score (nSPS) is 12.0. The van der Waals surface area contributed by atoms with Gasteiger partial charge in [-0.2, -0.15) is 11.8 Å². The molecule has 1 aromatic carbocycles. The van der Waals surface area contributed by atoms with Gasteiger partial charge in [0.05, 0.1) is 21.7 Å². The van der Waals surface area contributed by atoms with Gasteiger partial charge in [-0.05, 0) is 32.2 Å². The van der Waals surface area contributed by atoms with Crippen LogP contribution in [0.15, 0.2) is 18.2 Å². The molecule has 0 aliphatic heterocycles. The minimum absolute atomic E-state index is 0.0601. The second-order valence-electron chi connectivity index (χ2n) is 5.54. The maximum Gasteiger partial charge on any atom is 0.341 e. The summed E-state index contributed by atoms with van der Waals surface area (Å²) in [4.78, 5) is 47.4. The first-order valence-electron chi connectivity index (χ1n) is 7.60. The van der Waals surface area contributed by atoms with Crippen molar-refractivity contribution in [2.75, 3.05) is 12.9 Å². The molecule has 2 rings (SSSR count). The number of carbonyl (C=O) groups is 4. The zero-order valence-electron chi connectivity index (χ0n) is 14.4. The van der Waals surface area contributed by atoms with Crippen molar-refractivity contribution in [2.24, 2.45) is 5.73 Å². The summed E-state index contributed by atoms with van der Waals surface area (Å²) in [5, 5.41) is 8.63. The fourth-order valence-electron chi connectivity index (χ4n) is 2.66. The molecule has 9 heteroatoms. The minimum Gasteiger partial charge on any atom is -0.481 e. The van der Waals surface area contributed by atoms with E-state index in [4.69, 9.17) is 15.6 Å². The number of fused-ring (bicyclic) bond motifs is 1. The summed E-state index contributed by atoms with van der Waals surface area (Å²) in [6.07, 6.45) is 1.78. The van der Waals surface area contributed by atoms with Crippen molar-refractivity contribution < 1.29 is 29.0 Å². The number of hydrogen-bond acceptors (Lipinski definition) is 6. The van der Waals surface area contributed by atoms with Crippen LogP contribution in [0.4, 0.5) is 0 Å². The molecule has 0 saturated carbocycles. The van der Waals surface area contributed by atoms with Gasteiger partial charge in [0.25, 0.3) is 11.7 Å². The number of rotatable bonds is 7. The van der Waals surface area contributed by atoms with E-state index < -0.39 is 29.5 Å². The molecular formula is C17H18N2O6S. The maximum absolute atomic E-state index is 12.8. The Balaban J connectivity index is 2.82. The number of carboxylic acids is 1. The minimum atomic E-state index is -1.20. The average Bonchev–Trinajstić information content (AvgIpc) is 2.89. The van der Waals surface area contributed by atoms with E-state index >= 15 is 0 Å². The van der Waals surface area contributed by atoms with Gasteiger partial charge in [-0.25, -0.2) is 4.79 Å². The molecule has 0 bridgehead atoms. The van der Waals surface area contributed by atoms with E-state index in [9.17, 15) is 19.2 Å². The first-order chi connectivity index (χ1) is 12.2. The Hall–Kier alpha value is -2.81. The lowest BCUT2D eigenvalue weighted by Gasteiger charge is -2.12. The van der Waals surface area contributed by atoms with Crippen molar-refractivity contribution in [1.82, 2.24) is 4.57 Å². The molecule has 0 fully saturated rings. The topological polar surface area (TPSA) is 129 Å².